The Morgan fingerprint density at radius 2 is 1.21 bits per heavy atom. The molecule has 2 rings (SSSR count). The van der Waals surface area contributed by atoms with E-state index in [-0.39, 0.29) is 0 Å². The first-order valence-corrected chi connectivity index (χ1v) is 10.0. The molecule has 0 aromatic carbocycles. The lowest BCUT2D eigenvalue weighted by Gasteiger charge is -2.35. The van der Waals surface area contributed by atoms with Crippen molar-refractivity contribution in [2.75, 3.05) is 12.5 Å². The van der Waals surface area contributed by atoms with Gasteiger partial charge in [0.2, 0.25) is 0 Å². The van der Waals surface area contributed by atoms with Gasteiger partial charge in [-0.05, 0) is 25.7 Å². The van der Waals surface area contributed by atoms with E-state index < -0.39 is 37.9 Å². The van der Waals surface area contributed by atoms with Crippen molar-refractivity contribution in [3.63, 3.8) is 0 Å². The van der Waals surface area contributed by atoms with Crippen LogP contribution in [0, 0.1) is 5.41 Å². The normalized spacial score (nSPS) is 31.1. The fourth-order valence-corrected chi connectivity index (χ4v) is 4.91. The molecule has 2 saturated carbocycles. The van der Waals surface area contributed by atoms with Crippen LogP contribution in [0.1, 0.15) is 38.5 Å². The Hall–Kier alpha value is -0.180. The molecule has 112 valence electrons. The van der Waals surface area contributed by atoms with Gasteiger partial charge in [0.15, 0.2) is 0 Å². The third-order valence-electron chi connectivity index (χ3n) is 4.08. The Morgan fingerprint density at radius 3 is 1.53 bits per heavy atom. The van der Waals surface area contributed by atoms with E-state index in [1.165, 1.54) is 0 Å². The molecule has 1 spiro atoms. The van der Waals surface area contributed by atoms with Gasteiger partial charge in [-0.2, -0.15) is 16.8 Å². The van der Waals surface area contributed by atoms with Crippen LogP contribution in [0.25, 0.3) is 0 Å². The third-order valence-corrected chi connectivity index (χ3v) is 5.25. The Balaban J connectivity index is 2.23. The van der Waals surface area contributed by atoms with Gasteiger partial charge in [-0.25, -0.2) is 0 Å². The van der Waals surface area contributed by atoms with Crippen LogP contribution >= 0.6 is 0 Å². The first kappa shape index (κ1) is 15.2. The second-order valence-electron chi connectivity index (χ2n) is 5.60. The van der Waals surface area contributed by atoms with E-state index in [1.807, 2.05) is 0 Å². The molecule has 0 amide bonds. The van der Waals surface area contributed by atoms with Crippen molar-refractivity contribution in [3.05, 3.63) is 0 Å². The molecule has 0 radical (unpaired) electrons. The van der Waals surface area contributed by atoms with Crippen molar-refractivity contribution in [1.29, 1.82) is 0 Å². The van der Waals surface area contributed by atoms with Crippen molar-refractivity contribution < 1.29 is 25.2 Å². The van der Waals surface area contributed by atoms with E-state index in [1.54, 1.807) is 0 Å². The van der Waals surface area contributed by atoms with Gasteiger partial charge < -0.3 is 0 Å². The van der Waals surface area contributed by atoms with Crippen LogP contribution in [0.4, 0.5) is 0 Å². The van der Waals surface area contributed by atoms with E-state index in [2.05, 4.69) is 0 Å². The summed E-state index contributed by atoms with van der Waals surface area (Å²) >= 11 is 0. The maximum Gasteiger partial charge on any atom is 0.264 e. The van der Waals surface area contributed by atoms with E-state index >= 15 is 0 Å². The number of hydrogen-bond acceptors (Lipinski definition) is 6. The molecule has 2 atom stereocenters. The Labute approximate surface area is 114 Å². The first-order chi connectivity index (χ1) is 8.62. The fraction of sp³-hybridized carbons (Fsp3) is 1.00. The van der Waals surface area contributed by atoms with Crippen molar-refractivity contribution in [2.24, 2.45) is 5.41 Å². The van der Waals surface area contributed by atoms with E-state index in [0.717, 1.165) is 38.2 Å². The number of rotatable bonds is 4. The highest BCUT2D eigenvalue weighted by Crippen LogP contribution is 2.53. The van der Waals surface area contributed by atoms with Gasteiger partial charge in [0.05, 0.1) is 24.7 Å². The van der Waals surface area contributed by atoms with Crippen LogP contribution in [0.2, 0.25) is 0 Å². The van der Waals surface area contributed by atoms with Crippen LogP contribution in [0.5, 0.6) is 0 Å². The number of hydrogen-bond donors (Lipinski definition) is 0. The lowest BCUT2D eigenvalue weighted by molar-refractivity contribution is 0.00245. The van der Waals surface area contributed by atoms with Gasteiger partial charge in [-0.3, -0.25) is 8.37 Å². The molecule has 0 aromatic heterocycles. The van der Waals surface area contributed by atoms with Crippen LogP contribution in [-0.4, -0.2) is 41.6 Å². The van der Waals surface area contributed by atoms with Crippen LogP contribution in [0.15, 0.2) is 0 Å². The highest BCUT2D eigenvalue weighted by atomic mass is 32.2. The lowest BCUT2D eigenvalue weighted by Crippen LogP contribution is -2.42. The summed E-state index contributed by atoms with van der Waals surface area (Å²) in [6.07, 6.45) is 5.59. The Kier molecular flexibility index (Phi) is 3.99. The minimum absolute atomic E-state index is 0.461. The molecule has 0 saturated heterocycles. The zero-order chi connectivity index (χ0) is 14.3. The molecule has 0 unspecified atom stereocenters. The van der Waals surface area contributed by atoms with Crippen molar-refractivity contribution >= 4 is 20.2 Å². The second-order valence-corrected chi connectivity index (χ2v) is 8.80. The zero-order valence-corrected chi connectivity index (χ0v) is 12.8. The van der Waals surface area contributed by atoms with Gasteiger partial charge in [-0.1, -0.05) is 12.8 Å². The highest BCUT2D eigenvalue weighted by molar-refractivity contribution is 7.86. The monoisotopic (exact) mass is 312 g/mol. The molecule has 0 heterocycles. The summed E-state index contributed by atoms with van der Waals surface area (Å²) < 4.78 is 55.7. The summed E-state index contributed by atoms with van der Waals surface area (Å²) in [6, 6.07) is 0. The van der Waals surface area contributed by atoms with Gasteiger partial charge in [0, 0.05) is 5.41 Å². The molecule has 0 bridgehead atoms. The predicted molar refractivity (Wildman–Crippen MR) is 69.6 cm³/mol. The molecule has 2 aliphatic carbocycles. The minimum Gasteiger partial charge on any atom is -0.266 e. The van der Waals surface area contributed by atoms with Crippen molar-refractivity contribution in [1.82, 2.24) is 0 Å². The van der Waals surface area contributed by atoms with Crippen molar-refractivity contribution in [2.45, 2.75) is 50.7 Å². The summed E-state index contributed by atoms with van der Waals surface area (Å²) in [6.45, 7) is 0. The molecule has 0 aliphatic heterocycles. The van der Waals surface area contributed by atoms with Crippen LogP contribution in [0.3, 0.4) is 0 Å². The molecule has 6 nitrogen and oxygen atoms in total. The summed E-state index contributed by atoms with van der Waals surface area (Å²) in [5, 5.41) is 0. The Bertz CT molecular complexity index is 486. The van der Waals surface area contributed by atoms with Crippen LogP contribution in [-0.2, 0) is 28.6 Å². The smallest absolute Gasteiger partial charge is 0.264 e. The lowest BCUT2D eigenvalue weighted by atomic mass is 9.80. The van der Waals surface area contributed by atoms with Gasteiger partial charge >= 0.3 is 0 Å². The second kappa shape index (κ2) is 4.98. The summed E-state index contributed by atoms with van der Waals surface area (Å²) in [7, 11) is -7.09. The van der Waals surface area contributed by atoms with E-state index in [0.29, 0.717) is 12.8 Å². The average Bonchev–Trinajstić information content (AvgIpc) is 2.73. The highest BCUT2D eigenvalue weighted by Gasteiger charge is 2.54. The molecule has 2 aliphatic rings. The predicted octanol–water partition coefficient (Wildman–Crippen LogP) is 1.03. The van der Waals surface area contributed by atoms with Gasteiger partial charge in [-0.15, -0.1) is 0 Å². The van der Waals surface area contributed by atoms with Gasteiger partial charge in [0.25, 0.3) is 20.2 Å². The zero-order valence-electron chi connectivity index (χ0n) is 11.2. The molecular weight excluding hydrogens is 292 g/mol. The largest absolute Gasteiger partial charge is 0.266 e. The SMILES string of the molecule is CS(=O)(=O)O[C@H]1CCCC12CCC[C@@H]2OS(C)(=O)=O. The molecule has 8 heteroatoms. The molecule has 2 fully saturated rings. The maximum atomic E-state index is 11.3. The summed E-state index contributed by atoms with van der Waals surface area (Å²) in [4.78, 5) is 0. The van der Waals surface area contributed by atoms with Crippen LogP contribution < -0.4 is 0 Å². The van der Waals surface area contributed by atoms with E-state index in [4.69, 9.17) is 8.37 Å². The van der Waals surface area contributed by atoms with Gasteiger partial charge in [0.1, 0.15) is 0 Å². The molecule has 19 heavy (non-hydrogen) atoms. The quantitative estimate of drug-likeness (QED) is 0.721. The standard InChI is InChI=1S/C11H20O6S2/c1-18(12,13)16-9-5-3-7-11(9)8-4-6-10(11)17-19(2,14)15/h9-10H,3-8H2,1-2H3/t9-,10-,11?/m0/s1. The molecule has 0 N–H and O–H groups in total. The minimum atomic E-state index is -3.54. The fourth-order valence-electron chi connectivity index (χ4n) is 3.49. The van der Waals surface area contributed by atoms with E-state index in [9.17, 15) is 16.8 Å². The summed E-state index contributed by atoms with van der Waals surface area (Å²) in [5.74, 6) is 0. The topological polar surface area (TPSA) is 86.7 Å². The van der Waals surface area contributed by atoms with Crippen molar-refractivity contribution in [3.8, 4) is 0 Å². The summed E-state index contributed by atoms with van der Waals surface area (Å²) in [5.41, 5.74) is -0.466. The first-order valence-electron chi connectivity index (χ1n) is 6.39. The Morgan fingerprint density at radius 1 is 0.842 bits per heavy atom. The maximum absolute atomic E-state index is 11.3. The molecular formula is C11H20O6S2. The third kappa shape index (κ3) is 3.48. The molecule has 0 aromatic rings. The average molecular weight is 312 g/mol.